The molecule has 0 heterocycles. The number of allylic oxidation sites excluding steroid dienone is 1. The van der Waals surface area contributed by atoms with Gasteiger partial charge in [0.2, 0.25) is 0 Å². The predicted molar refractivity (Wildman–Crippen MR) is 128 cm³/mol. The molecule has 3 aromatic rings. The lowest BCUT2D eigenvalue weighted by Crippen LogP contribution is -2.21. The summed E-state index contributed by atoms with van der Waals surface area (Å²) in [6.07, 6.45) is 0. The SMILES string of the molecule is O=C(OCc1ccccc1)C1=C([O-])C(=O)C(C(=O)OCc2ccccc2)=C1C(=O)OCc1ccccc1. The van der Waals surface area contributed by atoms with Crippen LogP contribution in [0.5, 0.6) is 0 Å². The van der Waals surface area contributed by atoms with Crippen LogP contribution in [0.1, 0.15) is 16.7 Å². The summed E-state index contributed by atoms with van der Waals surface area (Å²) in [6, 6.07) is 25.9. The van der Waals surface area contributed by atoms with Crippen LogP contribution < -0.4 is 5.11 Å². The van der Waals surface area contributed by atoms with E-state index in [2.05, 4.69) is 0 Å². The van der Waals surface area contributed by atoms with Gasteiger partial charge in [-0.3, -0.25) is 4.79 Å². The summed E-state index contributed by atoms with van der Waals surface area (Å²) in [6.45, 7) is -0.653. The highest BCUT2D eigenvalue weighted by molar-refractivity contribution is 6.34. The third-order valence-corrected chi connectivity index (χ3v) is 5.41. The molecular formula is C29H21O8-. The number of hydrogen-bond acceptors (Lipinski definition) is 8. The fourth-order valence-corrected chi connectivity index (χ4v) is 3.56. The van der Waals surface area contributed by atoms with Crippen LogP contribution >= 0.6 is 0 Å². The van der Waals surface area contributed by atoms with Crippen LogP contribution in [-0.2, 0) is 53.2 Å². The van der Waals surface area contributed by atoms with Gasteiger partial charge in [-0.15, -0.1) is 0 Å². The molecule has 1 aliphatic carbocycles. The molecule has 0 bridgehead atoms. The van der Waals surface area contributed by atoms with Crippen molar-refractivity contribution < 1.29 is 38.5 Å². The molecule has 0 aliphatic heterocycles. The molecule has 3 aromatic carbocycles. The summed E-state index contributed by atoms with van der Waals surface area (Å²) in [5.74, 6) is -6.31. The first-order valence-corrected chi connectivity index (χ1v) is 11.3. The van der Waals surface area contributed by atoms with E-state index in [9.17, 15) is 24.3 Å². The van der Waals surface area contributed by atoms with Gasteiger partial charge in [-0.1, -0.05) is 91.0 Å². The summed E-state index contributed by atoms with van der Waals surface area (Å²) in [5.41, 5.74) is -0.618. The van der Waals surface area contributed by atoms with Gasteiger partial charge < -0.3 is 19.3 Å². The van der Waals surface area contributed by atoms with Crippen molar-refractivity contribution in [3.8, 4) is 0 Å². The Balaban J connectivity index is 1.61. The second-order valence-corrected chi connectivity index (χ2v) is 7.97. The first-order valence-electron chi connectivity index (χ1n) is 11.3. The maximum atomic E-state index is 13.1. The minimum absolute atomic E-state index is 0.217. The predicted octanol–water partition coefficient (Wildman–Crippen LogP) is 2.71. The highest BCUT2D eigenvalue weighted by Crippen LogP contribution is 2.31. The molecular weight excluding hydrogens is 476 g/mol. The van der Waals surface area contributed by atoms with Crippen LogP contribution in [0.25, 0.3) is 0 Å². The molecule has 0 atom stereocenters. The molecule has 37 heavy (non-hydrogen) atoms. The van der Waals surface area contributed by atoms with Gasteiger partial charge in [0.05, 0.1) is 11.1 Å². The van der Waals surface area contributed by atoms with E-state index in [1.807, 2.05) is 0 Å². The van der Waals surface area contributed by atoms with Gasteiger partial charge in [0, 0.05) is 0 Å². The Morgan fingerprint density at radius 3 is 1.22 bits per heavy atom. The van der Waals surface area contributed by atoms with Gasteiger partial charge in [0.25, 0.3) is 0 Å². The Kier molecular flexibility index (Phi) is 7.90. The Labute approximate surface area is 212 Å². The van der Waals surface area contributed by atoms with E-state index in [0.717, 1.165) is 0 Å². The standard InChI is InChI=1S/C29H22O8/c30-25-23(28(33)36-17-20-12-6-2-7-13-20)22(27(32)35-16-19-10-4-1-5-11-19)24(26(25)31)29(34)37-18-21-14-8-3-9-15-21/h1-15H,16-18H2,(H,30,31)/p-1. The zero-order chi connectivity index (χ0) is 26.2. The largest absolute Gasteiger partial charge is 0.869 e. The van der Waals surface area contributed by atoms with E-state index < -0.39 is 46.2 Å². The number of hydrogen-bond donors (Lipinski definition) is 0. The molecule has 0 spiro atoms. The highest BCUT2D eigenvalue weighted by atomic mass is 16.5. The van der Waals surface area contributed by atoms with Crippen molar-refractivity contribution in [3.63, 3.8) is 0 Å². The first-order chi connectivity index (χ1) is 18.0. The molecule has 8 heteroatoms. The number of ether oxygens (including phenoxy) is 3. The number of carbonyl (C=O) groups is 4. The van der Waals surface area contributed by atoms with E-state index in [1.54, 1.807) is 91.0 Å². The monoisotopic (exact) mass is 497 g/mol. The first kappa shape index (κ1) is 25.1. The lowest BCUT2D eigenvalue weighted by molar-refractivity contribution is -0.298. The lowest BCUT2D eigenvalue weighted by Gasteiger charge is -2.13. The van der Waals surface area contributed by atoms with Crippen molar-refractivity contribution in [3.05, 3.63) is 130 Å². The number of ketones is 1. The number of rotatable bonds is 9. The molecule has 186 valence electrons. The van der Waals surface area contributed by atoms with Crippen molar-refractivity contribution in [1.29, 1.82) is 0 Å². The minimum Gasteiger partial charge on any atom is -0.869 e. The maximum absolute atomic E-state index is 13.1. The Morgan fingerprint density at radius 2 is 0.838 bits per heavy atom. The Hall–Kier alpha value is -4.98. The second kappa shape index (κ2) is 11.6. The molecule has 0 unspecified atom stereocenters. The molecule has 0 fully saturated rings. The summed E-state index contributed by atoms with van der Waals surface area (Å²) in [4.78, 5) is 51.6. The maximum Gasteiger partial charge on any atom is 0.343 e. The van der Waals surface area contributed by atoms with Crippen LogP contribution in [0.2, 0.25) is 0 Å². The summed E-state index contributed by atoms with van der Waals surface area (Å²) in [5, 5.41) is 12.8. The van der Waals surface area contributed by atoms with Gasteiger partial charge in [0.15, 0.2) is 5.78 Å². The van der Waals surface area contributed by atoms with Crippen molar-refractivity contribution in [1.82, 2.24) is 0 Å². The summed E-state index contributed by atoms with van der Waals surface area (Å²) < 4.78 is 15.6. The van der Waals surface area contributed by atoms with Crippen LogP contribution in [0.15, 0.2) is 113 Å². The van der Waals surface area contributed by atoms with Crippen LogP contribution in [-0.4, -0.2) is 23.7 Å². The van der Waals surface area contributed by atoms with E-state index in [-0.39, 0.29) is 19.8 Å². The Bertz CT molecular complexity index is 1370. The summed E-state index contributed by atoms with van der Waals surface area (Å²) >= 11 is 0. The average molecular weight is 497 g/mol. The molecule has 8 nitrogen and oxygen atoms in total. The molecule has 0 N–H and O–H groups in total. The van der Waals surface area contributed by atoms with E-state index in [1.165, 1.54) is 0 Å². The van der Waals surface area contributed by atoms with Gasteiger partial charge in [-0.05, 0) is 22.4 Å². The van der Waals surface area contributed by atoms with Gasteiger partial charge in [-0.2, -0.15) is 0 Å². The average Bonchev–Trinajstić information content (AvgIpc) is 3.21. The summed E-state index contributed by atoms with van der Waals surface area (Å²) in [7, 11) is 0. The third kappa shape index (κ3) is 5.99. The molecule has 4 rings (SSSR count). The normalized spacial score (nSPS) is 12.9. The molecule has 0 saturated carbocycles. The molecule has 0 radical (unpaired) electrons. The smallest absolute Gasteiger partial charge is 0.343 e. The lowest BCUT2D eigenvalue weighted by atomic mass is 10.1. The van der Waals surface area contributed by atoms with Crippen molar-refractivity contribution in [2.24, 2.45) is 0 Å². The van der Waals surface area contributed by atoms with Gasteiger partial charge >= 0.3 is 17.9 Å². The van der Waals surface area contributed by atoms with Gasteiger partial charge in [-0.25, -0.2) is 14.4 Å². The number of carbonyl (C=O) groups excluding carboxylic acids is 4. The van der Waals surface area contributed by atoms with E-state index >= 15 is 0 Å². The zero-order valence-corrected chi connectivity index (χ0v) is 19.5. The van der Waals surface area contributed by atoms with Crippen molar-refractivity contribution >= 4 is 23.7 Å². The van der Waals surface area contributed by atoms with Crippen LogP contribution in [0.3, 0.4) is 0 Å². The van der Waals surface area contributed by atoms with Gasteiger partial charge in [0.1, 0.15) is 25.4 Å². The van der Waals surface area contributed by atoms with Crippen molar-refractivity contribution in [2.75, 3.05) is 0 Å². The number of Topliss-reactive ketones (excluding diaryl/α,β-unsaturated/α-hetero) is 1. The second-order valence-electron chi connectivity index (χ2n) is 7.97. The van der Waals surface area contributed by atoms with Crippen molar-refractivity contribution in [2.45, 2.75) is 19.8 Å². The van der Waals surface area contributed by atoms with Crippen LogP contribution in [0.4, 0.5) is 0 Å². The number of benzene rings is 3. The highest BCUT2D eigenvalue weighted by Gasteiger charge is 2.41. The van der Waals surface area contributed by atoms with Crippen LogP contribution in [0, 0.1) is 0 Å². The molecule has 0 amide bonds. The minimum atomic E-state index is -1.34. The van der Waals surface area contributed by atoms with E-state index in [0.29, 0.717) is 16.7 Å². The molecule has 0 saturated heterocycles. The third-order valence-electron chi connectivity index (χ3n) is 5.41. The van der Waals surface area contributed by atoms with E-state index in [4.69, 9.17) is 14.2 Å². The topological polar surface area (TPSA) is 119 Å². The Morgan fingerprint density at radius 1 is 0.514 bits per heavy atom. The fraction of sp³-hybridized carbons (Fsp3) is 0.103. The quantitative estimate of drug-likeness (QED) is 0.252. The number of esters is 3. The molecule has 1 aliphatic rings. The zero-order valence-electron chi connectivity index (χ0n) is 19.5. The fourth-order valence-electron chi connectivity index (χ4n) is 3.56. The molecule has 0 aromatic heterocycles.